The van der Waals surface area contributed by atoms with E-state index < -0.39 is 23.1 Å². The minimum Gasteiger partial charge on any atom is -0.324 e. The molecular weight excluding hydrogens is 364 g/mol. The van der Waals surface area contributed by atoms with Gasteiger partial charge in [-0.15, -0.1) is 0 Å². The Morgan fingerprint density at radius 1 is 1.04 bits per heavy atom. The number of anilines is 1. The second-order valence-electron chi connectivity index (χ2n) is 5.40. The lowest BCUT2D eigenvalue weighted by molar-refractivity contribution is -0.117. The number of carbonyl (C=O) groups excluding carboxylic acids is 1. The summed E-state index contributed by atoms with van der Waals surface area (Å²) in [4.78, 5) is 24.0. The molecule has 0 atom stereocenters. The number of benzene rings is 2. The van der Waals surface area contributed by atoms with E-state index in [1.165, 1.54) is 18.2 Å². The summed E-state index contributed by atoms with van der Waals surface area (Å²) in [5.74, 6) is -2.70. The number of hydrogen-bond acceptors (Lipinski definition) is 3. The molecule has 0 saturated heterocycles. The van der Waals surface area contributed by atoms with Crippen LogP contribution in [0.4, 0.5) is 14.5 Å². The van der Waals surface area contributed by atoms with Crippen molar-refractivity contribution in [2.45, 2.75) is 6.54 Å². The highest BCUT2D eigenvalue weighted by Crippen LogP contribution is 2.18. The van der Waals surface area contributed by atoms with Crippen molar-refractivity contribution in [1.29, 1.82) is 0 Å². The molecule has 132 valence electrons. The average molecular weight is 376 g/mol. The second-order valence-corrected chi connectivity index (χ2v) is 5.83. The number of amides is 1. The molecule has 0 bridgehead atoms. The largest absolute Gasteiger partial charge is 0.324 e. The highest BCUT2D eigenvalue weighted by molar-refractivity contribution is 6.30. The lowest BCUT2D eigenvalue weighted by atomic mass is 10.1. The highest BCUT2D eigenvalue weighted by Gasteiger charge is 2.10. The van der Waals surface area contributed by atoms with Gasteiger partial charge in [-0.2, -0.15) is 5.10 Å². The first-order chi connectivity index (χ1) is 12.4. The summed E-state index contributed by atoms with van der Waals surface area (Å²) >= 11 is 5.84. The molecule has 2 aromatic carbocycles. The SMILES string of the molecule is O=C(Cn1nc(-c2ccc(Cl)cc2)ccc1=O)Nc1ccc(F)c(F)c1. The number of nitrogens with one attached hydrogen (secondary N) is 1. The molecule has 1 amide bonds. The Kier molecular flexibility index (Phi) is 5.09. The van der Waals surface area contributed by atoms with Gasteiger partial charge in [0.1, 0.15) is 6.54 Å². The van der Waals surface area contributed by atoms with Crippen LogP contribution in [0.15, 0.2) is 59.4 Å². The fourth-order valence-electron chi connectivity index (χ4n) is 2.25. The van der Waals surface area contributed by atoms with Crippen LogP contribution in [0.2, 0.25) is 5.02 Å². The second kappa shape index (κ2) is 7.45. The number of hydrogen-bond donors (Lipinski definition) is 1. The summed E-state index contributed by atoms with van der Waals surface area (Å²) in [5.41, 5.74) is 0.824. The van der Waals surface area contributed by atoms with Gasteiger partial charge in [0.25, 0.3) is 5.56 Å². The van der Waals surface area contributed by atoms with Crippen molar-refractivity contribution in [2.24, 2.45) is 0 Å². The van der Waals surface area contributed by atoms with E-state index in [4.69, 9.17) is 11.6 Å². The van der Waals surface area contributed by atoms with E-state index in [0.717, 1.165) is 22.4 Å². The summed E-state index contributed by atoms with van der Waals surface area (Å²) in [7, 11) is 0. The predicted octanol–water partition coefficient (Wildman–Crippen LogP) is 3.48. The molecule has 0 aliphatic heterocycles. The maximum Gasteiger partial charge on any atom is 0.267 e. The number of nitrogens with zero attached hydrogens (tertiary/aromatic N) is 2. The zero-order valence-electron chi connectivity index (χ0n) is 13.2. The van der Waals surface area contributed by atoms with E-state index in [-0.39, 0.29) is 12.2 Å². The summed E-state index contributed by atoms with van der Waals surface area (Å²) in [5, 5.41) is 7.10. The van der Waals surface area contributed by atoms with Crippen molar-refractivity contribution < 1.29 is 13.6 Å². The maximum absolute atomic E-state index is 13.2. The molecule has 1 aromatic heterocycles. The van der Waals surface area contributed by atoms with Crippen molar-refractivity contribution in [3.05, 3.63) is 81.6 Å². The van der Waals surface area contributed by atoms with Crippen molar-refractivity contribution in [1.82, 2.24) is 9.78 Å². The molecule has 0 aliphatic rings. The van der Waals surface area contributed by atoms with Crippen LogP contribution in [-0.2, 0) is 11.3 Å². The monoisotopic (exact) mass is 375 g/mol. The quantitative estimate of drug-likeness (QED) is 0.759. The Labute approximate surface area is 151 Å². The van der Waals surface area contributed by atoms with E-state index in [1.807, 2.05) is 0 Å². The zero-order valence-corrected chi connectivity index (χ0v) is 14.0. The van der Waals surface area contributed by atoms with E-state index in [9.17, 15) is 18.4 Å². The molecule has 3 aromatic rings. The number of rotatable bonds is 4. The third kappa shape index (κ3) is 4.12. The van der Waals surface area contributed by atoms with Gasteiger partial charge < -0.3 is 5.32 Å². The molecule has 0 spiro atoms. The third-order valence-electron chi connectivity index (χ3n) is 3.50. The average Bonchev–Trinajstić information content (AvgIpc) is 2.61. The first kappa shape index (κ1) is 17.8. The Balaban J connectivity index is 1.79. The first-order valence-corrected chi connectivity index (χ1v) is 7.89. The van der Waals surface area contributed by atoms with Crippen LogP contribution in [0.5, 0.6) is 0 Å². The fourth-order valence-corrected chi connectivity index (χ4v) is 2.37. The summed E-state index contributed by atoms with van der Waals surface area (Å²) in [6.45, 7) is -0.376. The number of aromatic nitrogens is 2. The molecule has 1 heterocycles. The van der Waals surface area contributed by atoms with Crippen LogP contribution in [-0.4, -0.2) is 15.7 Å². The molecule has 8 heteroatoms. The van der Waals surface area contributed by atoms with Crippen LogP contribution < -0.4 is 10.9 Å². The smallest absolute Gasteiger partial charge is 0.267 e. The van der Waals surface area contributed by atoms with Gasteiger partial charge in [-0.1, -0.05) is 23.7 Å². The summed E-state index contributed by atoms with van der Waals surface area (Å²) in [6.07, 6.45) is 0. The minimum atomic E-state index is -1.08. The Morgan fingerprint density at radius 2 is 1.77 bits per heavy atom. The topological polar surface area (TPSA) is 64.0 Å². The van der Waals surface area contributed by atoms with Gasteiger partial charge >= 0.3 is 0 Å². The molecule has 1 N–H and O–H groups in total. The van der Waals surface area contributed by atoms with Crippen molar-refractivity contribution in [2.75, 3.05) is 5.32 Å². The maximum atomic E-state index is 13.2. The molecule has 3 rings (SSSR count). The third-order valence-corrected chi connectivity index (χ3v) is 3.76. The fraction of sp³-hybridized carbons (Fsp3) is 0.0556. The predicted molar refractivity (Wildman–Crippen MR) is 93.9 cm³/mol. The van der Waals surface area contributed by atoms with Gasteiger partial charge in [-0.05, 0) is 30.3 Å². The van der Waals surface area contributed by atoms with E-state index in [2.05, 4.69) is 10.4 Å². The molecular formula is C18H12ClF2N3O2. The van der Waals surface area contributed by atoms with Crippen LogP contribution in [0.3, 0.4) is 0 Å². The number of halogens is 3. The van der Waals surface area contributed by atoms with Gasteiger partial charge in [0.15, 0.2) is 11.6 Å². The van der Waals surface area contributed by atoms with Crippen molar-refractivity contribution >= 4 is 23.2 Å². The van der Waals surface area contributed by atoms with Crippen LogP contribution >= 0.6 is 11.6 Å². The van der Waals surface area contributed by atoms with Gasteiger partial charge in [0, 0.05) is 28.4 Å². The normalized spacial score (nSPS) is 10.6. The first-order valence-electron chi connectivity index (χ1n) is 7.51. The van der Waals surface area contributed by atoms with Crippen LogP contribution in [0, 0.1) is 11.6 Å². The molecule has 26 heavy (non-hydrogen) atoms. The standard InChI is InChI=1S/C18H12ClF2N3O2/c19-12-3-1-11(2-4-12)16-7-8-18(26)24(23-16)10-17(25)22-13-5-6-14(20)15(21)9-13/h1-9H,10H2,(H,22,25). The Morgan fingerprint density at radius 3 is 2.46 bits per heavy atom. The molecule has 5 nitrogen and oxygen atoms in total. The van der Waals surface area contributed by atoms with E-state index in [1.54, 1.807) is 24.3 Å². The molecule has 0 radical (unpaired) electrons. The highest BCUT2D eigenvalue weighted by atomic mass is 35.5. The van der Waals surface area contributed by atoms with Gasteiger partial charge in [0.05, 0.1) is 5.69 Å². The molecule has 0 fully saturated rings. The van der Waals surface area contributed by atoms with Crippen molar-refractivity contribution in [3.63, 3.8) is 0 Å². The van der Waals surface area contributed by atoms with Crippen LogP contribution in [0.1, 0.15) is 0 Å². The van der Waals surface area contributed by atoms with E-state index in [0.29, 0.717) is 10.7 Å². The van der Waals surface area contributed by atoms with Crippen LogP contribution in [0.25, 0.3) is 11.3 Å². The van der Waals surface area contributed by atoms with Gasteiger partial charge in [0.2, 0.25) is 5.91 Å². The lowest BCUT2D eigenvalue weighted by Crippen LogP contribution is -2.29. The van der Waals surface area contributed by atoms with Gasteiger partial charge in [-0.3, -0.25) is 9.59 Å². The minimum absolute atomic E-state index is 0.0794. The van der Waals surface area contributed by atoms with E-state index >= 15 is 0 Å². The Hall–Kier alpha value is -3.06. The molecule has 0 saturated carbocycles. The lowest BCUT2D eigenvalue weighted by Gasteiger charge is -2.08. The Bertz CT molecular complexity index is 1020. The summed E-state index contributed by atoms with van der Waals surface area (Å²) < 4.78 is 27.1. The molecule has 0 unspecified atom stereocenters. The molecule has 0 aliphatic carbocycles. The van der Waals surface area contributed by atoms with Gasteiger partial charge in [-0.25, -0.2) is 13.5 Å². The zero-order chi connectivity index (χ0) is 18.7. The summed E-state index contributed by atoms with van der Waals surface area (Å²) in [6, 6.07) is 12.6. The number of carbonyl (C=O) groups is 1. The van der Waals surface area contributed by atoms with Crippen molar-refractivity contribution in [3.8, 4) is 11.3 Å².